The van der Waals surface area contributed by atoms with E-state index in [-0.39, 0.29) is 23.9 Å². The minimum absolute atomic E-state index is 0.0423. The number of nitrogens with zero attached hydrogens (tertiary/aromatic N) is 1. The normalized spacial score (nSPS) is 35.0. The number of fused-ring (bicyclic) bond motifs is 1. The van der Waals surface area contributed by atoms with Crippen LogP contribution < -0.4 is 10.6 Å². The number of piperidine rings is 1. The van der Waals surface area contributed by atoms with Crippen LogP contribution in [0.2, 0.25) is 0 Å². The number of hydrogen-bond donors (Lipinski definition) is 2. The zero-order valence-corrected chi connectivity index (χ0v) is 13.9. The molecule has 4 rings (SSSR count). The number of carbonyl (C=O) groups excluding carboxylic acids is 2. The third-order valence-corrected chi connectivity index (χ3v) is 6.26. The molecular formula is C18H29N3O2. The zero-order valence-electron chi connectivity index (χ0n) is 13.9. The fourth-order valence-corrected chi connectivity index (χ4v) is 4.64. The second-order valence-electron chi connectivity index (χ2n) is 7.99. The van der Waals surface area contributed by atoms with E-state index >= 15 is 0 Å². The van der Waals surface area contributed by atoms with Crippen LogP contribution in [0.5, 0.6) is 0 Å². The molecule has 3 unspecified atom stereocenters. The van der Waals surface area contributed by atoms with Crippen molar-refractivity contribution < 1.29 is 9.59 Å². The first-order chi connectivity index (χ1) is 11.2. The quantitative estimate of drug-likeness (QED) is 0.827. The Labute approximate surface area is 138 Å². The smallest absolute Gasteiger partial charge is 0.239 e. The van der Waals surface area contributed by atoms with Gasteiger partial charge in [0.1, 0.15) is 0 Å². The molecule has 0 aromatic carbocycles. The van der Waals surface area contributed by atoms with E-state index < -0.39 is 0 Å². The lowest BCUT2D eigenvalue weighted by atomic mass is 9.85. The van der Waals surface area contributed by atoms with Crippen LogP contribution in [0, 0.1) is 11.8 Å². The highest BCUT2D eigenvalue weighted by molar-refractivity contribution is 5.83. The monoisotopic (exact) mass is 319 g/mol. The molecule has 0 aromatic heterocycles. The van der Waals surface area contributed by atoms with Gasteiger partial charge in [-0.25, -0.2) is 0 Å². The predicted molar refractivity (Wildman–Crippen MR) is 87.8 cm³/mol. The summed E-state index contributed by atoms with van der Waals surface area (Å²) < 4.78 is 0. The number of carbonyl (C=O) groups is 2. The van der Waals surface area contributed by atoms with Crippen LogP contribution in [0.4, 0.5) is 0 Å². The topological polar surface area (TPSA) is 61.4 Å². The molecule has 2 heterocycles. The summed E-state index contributed by atoms with van der Waals surface area (Å²) in [6, 6.07) is 0.889. The Morgan fingerprint density at radius 2 is 1.70 bits per heavy atom. The third kappa shape index (κ3) is 3.39. The largest absolute Gasteiger partial charge is 0.353 e. The zero-order chi connectivity index (χ0) is 15.8. The average Bonchev–Trinajstić information content (AvgIpc) is 3.34. The molecule has 2 saturated carbocycles. The fraction of sp³-hybridized carbons (Fsp3) is 0.889. The second-order valence-corrected chi connectivity index (χ2v) is 7.99. The lowest BCUT2D eigenvalue weighted by molar-refractivity contribution is -0.134. The Balaban J connectivity index is 1.25. The van der Waals surface area contributed by atoms with Crippen LogP contribution in [0.3, 0.4) is 0 Å². The Bertz CT molecular complexity index is 455. The highest BCUT2D eigenvalue weighted by Crippen LogP contribution is 2.34. The Hall–Kier alpha value is -1.10. The van der Waals surface area contributed by atoms with E-state index in [0.717, 1.165) is 45.2 Å². The molecule has 2 amide bonds. The van der Waals surface area contributed by atoms with Gasteiger partial charge in [0.05, 0.1) is 6.04 Å². The molecule has 2 aliphatic carbocycles. The number of likely N-dealkylation sites (tertiary alicyclic amines) is 1. The summed E-state index contributed by atoms with van der Waals surface area (Å²) in [5, 5.41) is 6.75. The molecule has 128 valence electrons. The summed E-state index contributed by atoms with van der Waals surface area (Å²) >= 11 is 0. The van der Waals surface area contributed by atoms with Gasteiger partial charge in [-0.3, -0.25) is 9.59 Å². The molecule has 0 radical (unpaired) electrons. The van der Waals surface area contributed by atoms with Gasteiger partial charge in [-0.2, -0.15) is 0 Å². The van der Waals surface area contributed by atoms with E-state index in [1.165, 1.54) is 25.7 Å². The van der Waals surface area contributed by atoms with Crippen LogP contribution in [0.25, 0.3) is 0 Å². The SMILES string of the molecule is O=C(NC1CCN(C(=O)C2CC3CCCCC3N2)CC1)C1CC1. The Kier molecular flexibility index (Phi) is 4.31. The van der Waals surface area contributed by atoms with E-state index in [2.05, 4.69) is 10.6 Å². The first kappa shape index (κ1) is 15.4. The molecule has 5 heteroatoms. The van der Waals surface area contributed by atoms with Gasteiger partial charge >= 0.3 is 0 Å². The molecule has 0 bridgehead atoms. The van der Waals surface area contributed by atoms with Crippen LogP contribution in [0.1, 0.15) is 57.8 Å². The van der Waals surface area contributed by atoms with Gasteiger partial charge in [-0.15, -0.1) is 0 Å². The highest BCUT2D eigenvalue weighted by Gasteiger charge is 2.40. The van der Waals surface area contributed by atoms with Crippen molar-refractivity contribution in [3.8, 4) is 0 Å². The van der Waals surface area contributed by atoms with Crippen molar-refractivity contribution in [3.05, 3.63) is 0 Å². The maximum atomic E-state index is 12.8. The third-order valence-electron chi connectivity index (χ3n) is 6.26. The van der Waals surface area contributed by atoms with E-state index in [1.54, 1.807) is 0 Å². The van der Waals surface area contributed by atoms with Gasteiger partial charge in [-0.1, -0.05) is 12.8 Å². The first-order valence-electron chi connectivity index (χ1n) is 9.56. The Morgan fingerprint density at radius 3 is 2.39 bits per heavy atom. The van der Waals surface area contributed by atoms with Gasteiger partial charge < -0.3 is 15.5 Å². The fourth-order valence-electron chi connectivity index (χ4n) is 4.64. The maximum Gasteiger partial charge on any atom is 0.239 e. The van der Waals surface area contributed by atoms with Gasteiger partial charge in [0, 0.05) is 31.1 Å². The van der Waals surface area contributed by atoms with Crippen molar-refractivity contribution in [3.63, 3.8) is 0 Å². The average molecular weight is 319 g/mol. The first-order valence-corrected chi connectivity index (χ1v) is 9.56. The molecule has 2 saturated heterocycles. The summed E-state index contributed by atoms with van der Waals surface area (Å²) in [5.41, 5.74) is 0. The summed E-state index contributed by atoms with van der Waals surface area (Å²) in [6.07, 6.45) is 10.1. The van der Waals surface area contributed by atoms with Gasteiger partial charge in [0.25, 0.3) is 0 Å². The number of rotatable bonds is 3. The van der Waals surface area contributed by atoms with E-state index in [4.69, 9.17) is 0 Å². The molecule has 23 heavy (non-hydrogen) atoms. The van der Waals surface area contributed by atoms with E-state index in [1.807, 2.05) is 4.90 Å². The van der Waals surface area contributed by atoms with E-state index in [9.17, 15) is 9.59 Å². The molecule has 0 aromatic rings. The number of nitrogens with one attached hydrogen (secondary N) is 2. The van der Waals surface area contributed by atoms with Crippen LogP contribution in [-0.4, -0.2) is 47.9 Å². The lowest BCUT2D eigenvalue weighted by Crippen LogP contribution is -2.51. The number of hydrogen-bond acceptors (Lipinski definition) is 3. The van der Waals surface area contributed by atoms with Gasteiger partial charge in [0.2, 0.25) is 11.8 Å². The molecule has 4 fully saturated rings. The second kappa shape index (κ2) is 6.42. The molecule has 2 N–H and O–H groups in total. The summed E-state index contributed by atoms with van der Waals surface area (Å²) in [5.74, 6) is 1.52. The van der Waals surface area contributed by atoms with Crippen molar-refractivity contribution in [2.75, 3.05) is 13.1 Å². The van der Waals surface area contributed by atoms with Crippen molar-refractivity contribution in [2.45, 2.75) is 75.9 Å². The molecule has 3 atom stereocenters. The van der Waals surface area contributed by atoms with Crippen molar-refractivity contribution in [1.82, 2.24) is 15.5 Å². The summed E-state index contributed by atoms with van der Waals surface area (Å²) in [6.45, 7) is 1.59. The molecule has 2 aliphatic heterocycles. The van der Waals surface area contributed by atoms with Crippen LogP contribution in [-0.2, 0) is 9.59 Å². The van der Waals surface area contributed by atoms with Crippen molar-refractivity contribution >= 4 is 11.8 Å². The lowest BCUT2D eigenvalue weighted by Gasteiger charge is -2.34. The minimum Gasteiger partial charge on any atom is -0.353 e. The molecule has 5 nitrogen and oxygen atoms in total. The number of amides is 2. The summed E-state index contributed by atoms with van der Waals surface area (Å²) in [7, 11) is 0. The van der Waals surface area contributed by atoms with Crippen molar-refractivity contribution in [1.29, 1.82) is 0 Å². The maximum absolute atomic E-state index is 12.8. The molecule has 0 spiro atoms. The van der Waals surface area contributed by atoms with Crippen LogP contribution >= 0.6 is 0 Å². The molecule has 4 aliphatic rings. The molecular weight excluding hydrogens is 290 g/mol. The summed E-state index contributed by atoms with van der Waals surface area (Å²) in [4.78, 5) is 26.6. The van der Waals surface area contributed by atoms with Gasteiger partial charge in [0.15, 0.2) is 0 Å². The standard InChI is InChI=1S/C18H29N3O2/c22-17(12-5-6-12)19-14-7-9-21(10-8-14)18(23)16-11-13-3-1-2-4-15(13)20-16/h12-16,20H,1-11H2,(H,19,22). The Morgan fingerprint density at radius 1 is 0.957 bits per heavy atom. The minimum atomic E-state index is 0.0423. The van der Waals surface area contributed by atoms with E-state index in [0.29, 0.717) is 17.9 Å². The highest BCUT2D eigenvalue weighted by atomic mass is 16.2. The van der Waals surface area contributed by atoms with Crippen molar-refractivity contribution in [2.24, 2.45) is 11.8 Å². The predicted octanol–water partition coefficient (Wildman–Crippen LogP) is 1.42. The van der Waals surface area contributed by atoms with Crippen LogP contribution in [0.15, 0.2) is 0 Å². The van der Waals surface area contributed by atoms with Gasteiger partial charge in [-0.05, 0) is 50.9 Å².